The molecule has 6 rings (SSSR count). The van der Waals surface area contributed by atoms with Crippen molar-refractivity contribution in [3.05, 3.63) is 71.8 Å². The van der Waals surface area contributed by atoms with Gasteiger partial charge < -0.3 is 34.6 Å². The predicted molar refractivity (Wildman–Crippen MR) is 176 cm³/mol. The molecule has 4 unspecified atom stereocenters. The molecule has 2 aromatic rings. The number of carbonyl (C=O) groups excluding carboxylic acids is 7. The van der Waals surface area contributed by atoms with Gasteiger partial charge in [0.1, 0.15) is 41.5 Å². The van der Waals surface area contributed by atoms with Crippen LogP contribution < -0.4 is 10.6 Å². The van der Waals surface area contributed by atoms with E-state index in [1.807, 2.05) is 0 Å². The van der Waals surface area contributed by atoms with Crippen molar-refractivity contribution >= 4 is 65.1 Å². The van der Waals surface area contributed by atoms with Crippen molar-refractivity contribution in [3.8, 4) is 0 Å². The summed E-state index contributed by atoms with van der Waals surface area (Å²) in [6.07, 6.45) is 0. The number of fused-ring (bicyclic) bond motifs is 2. The normalized spacial score (nSPS) is 28.4. The summed E-state index contributed by atoms with van der Waals surface area (Å²) < 4.78 is 16.8. The Kier molecular flexibility index (Phi) is 9.62. The van der Waals surface area contributed by atoms with Crippen LogP contribution in [-0.2, 0) is 38.2 Å². The molecular formula is C33H34N4O10S2. The highest BCUT2D eigenvalue weighted by molar-refractivity contribution is 8.00. The number of benzene rings is 2. The first kappa shape index (κ1) is 34.3. The molecule has 258 valence electrons. The lowest BCUT2D eigenvalue weighted by molar-refractivity contribution is -0.191. The van der Waals surface area contributed by atoms with Crippen molar-refractivity contribution < 1.29 is 47.8 Å². The number of nitrogens with zero attached hydrogens (tertiary/aromatic N) is 2. The Morgan fingerprint density at radius 2 is 1.18 bits per heavy atom. The summed E-state index contributed by atoms with van der Waals surface area (Å²) in [7, 11) is 0. The van der Waals surface area contributed by atoms with Crippen molar-refractivity contribution in [2.75, 3.05) is 37.8 Å². The molecule has 0 bridgehead atoms. The van der Waals surface area contributed by atoms with Crippen LogP contribution in [-0.4, -0.2) is 118 Å². The Hall–Kier alpha value is -4.57. The minimum atomic E-state index is -1.49. The van der Waals surface area contributed by atoms with Crippen molar-refractivity contribution in [1.29, 1.82) is 0 Å². The zero-order valence-electron chi connectivity index (χ0n) is 26.6. The molecule has 4 aliphatic heterocycles. The SMILES string of the molecule is CC(=O)OCC1(OC(=O)C2(COC(C)=O)CS[C@@H]3C(NC(=O)c4ccccc4)C(=O)N3C2)CS[C@@H]2C(NC(=O)c3ccccc3)C(=O)N2C1. The third kappa shape index (κ3) is 6.84. The molecule has 4 heterocycles. The van der Waals surface area contributed by atoms with Gasteiger partial charge in [0.25, 0.3) is 11.8 Å². The molecule has 0 aliphatic carbocycles. The maximum atomic E-state index is 14.2. The monoisotopic (exact) mass is 710 g/mol. The van der Waals surface area contributed by atoms with Gasteiger partial charge in [-0.25, -0.2) is 0 Å². The number of hydrogen-bond acceptors (Lipinski definition) is 12. The Morgan fingerprint density at radius 3 is 1.69 bits per heavy atom. The Balaban J connectivity index is 1.16. The van der Waals surface area contributed by atoms with Crippen LogP contribution in [0.2, 0.25) is 0 Å². The molecule has 4 amide bonds. The molecular weight excluding hydrogens is 677 g/mol. The minimum absolute atomic E-state index is 0.0842. The molecule has 49 heavy (non-hydrogen) atoms. The minimum Gasteiger partial charge on any atom is -0.465 e. The lowest BCUT2D eigenvalue weighted by atomic mass is 9.87. The van der Waals surface area contributed by atoms with Gasteiger partial charge in [0.05, 0.1) is 6.54 Å². The lowest BCUT2D eigenvalue weighted by Gasteiger charge is -2.56. The number of amides is 4. The molecule has 2 N–H and O–H groups in total. The van der Waals surface area contributed by atoms with E-state index in [1.54, 1.807) is 60.7 Å². The van der Waals surface area contributed by atoms with Crippen molar-refractivity contribution in [2.45, 2.75) is 42.3 Å². The molecule has 0 radical (unpaired) electrons. The topological polar surface area (TPSA) is 178 Å². The van der Waals surface area contributed by atoms with Crippen molar-refractivity contribution in [1.82, 2.24) is 20.4 Å². The summed E-state index contributed by atoms with van der Waals surface area (Å²) in [6.45, 7) is 1.40. The van der Waals surface area contributed by atoms with Crippen LogP contribution in [0, 0.1) is 5.41 Å². The maximum Gasteiger partial charge on any atom is 0.319 e. The fourth-order valence-electron chi connectivity index (χ4n) is 6.09. The van der Waals surface area contributed by atoms with E-state index in [1.165, 1.54) is 47.2 Å². The van der Waals surface area contributed by atoms with Gasteiger partial charge in [0.2, 0.25) is 11.8 Å². The summed E-state index contributed by atoms with van der Waals surface area (Å²) in [6, 6.07) is 15.4. The fourth-order valence-corrected chi connectivity index (χ4v) is 9.05. The quantitative estimate of drug-likeness (QED) is 0.202. The molecule has 0 spiro atoms. The van der Waals surface area contributed by atoms with E-state index in [-0.39, 0.29) is 43.7 Å². The highest BCUT2D eigenvalue weighted by Gasteiger charge is 2.61. The molecule has 4 aliphatic rings. The smallest absolute Gasteiger partial charge is 0.319 e. The van der Waals surface area contributed by atoms with E-state index in [0.29, 0.717) is 11.1 Å². The maximum absolute atomic E-state index is 14.2. The number of nitrogens with one attached hydrogen (secondary N) is 2. The zero-order valence-corrected chi connectivity index (χ0v) is 28.3. The van der Waals surface area contributed by atoms with Crippen LogP contribution in [0.3, 0.4) is 0 Å². The third-order valence-electron chi connectivity index (χ3n) is 8.74. The second kappa shape index (κ2) is 13.7. The lowest BCUT2D eigenvalue weighted by Crippen LogP contribution is -2.76. The standard InChI is InChI=1S/C33H34N4O10S2/c1-19(38)45-15-32(13-36-27(42)23(29(36)48-17-32)34-25(40)21-9-5-3-6-10-21)31(44)47-33(16-46-20(2)39)14-37-28(43)24(30(37)49-18-33)35-26(41)22-11-7-4-8-12-22/h3-12,23-24,29-30H,13-18H2,1-2H3,(H,34,40)(H,35,41)/t23?,24?,29-,30-,32?,33?/m1/s1. The summed E-state index contributed by atoms with van der Waals surface area (Å²) in [5.41, 5.74) is -2.15. The number of rotatable bonds is 10. The van der Waals surface area contributed by atoms with Gasteiger partial charge in [-0.3, -0.25) is 33.6 Å². The van der Waals surface area contributed by atoms with Gasteiger partial charge in [0.15, 0.2) is 5.60 Å². The van der Waals surface area contributed by atoms with Crippen LogP contribution in [0.15, 0.2) is 60.7 Å². The number of carbonyl (C=O) groups is 7. The second-order valence-electron chi connectivity index (χ2n) is 12.4. The average molecular weight is 711 g/mol. The molecule has 6 atom stereocenters. The van der Waals surface area contributed by atoms with Gasteiger partial charge in [-0.2, -0.15) is 0 Å². The number of esters is 3. The van der Waals surface area contributed by atoms with E-state index >= 15 is 0 Å². The number of ether oxygens (including phenoxy) is 3. The van der Waals surface area contributed by atoms with Crippen molar-refractivity contribution in [2.24, 2.45) is 5.41 Å². The Bertz CT molecular complexity index is 1680. The molecule has 14 nitrogen and oxygen atoms in total. The molecule has 0 aromatic heterocycles. The average Bonchev–Trinajstić information content (AvgIpc) is 3.11. The fraction of sp³-hybridized carbons (Fsp3) is 0.424. The summed E-state index contributed by atoms with van der Waals surface area (Å²) in [5, 5.41) is 4.64. The van der Waals surface area contributed by atoms with Gasteiger partial charge >= 0.3 is 17.9 Å². The predicted octanol–water partition coefficient (Wildman–Crippen LogP) is 0.808. The summed E-state index contributed by atoms with van der Waals surface area (Å²) >= 11 is 2.52. The van der Waals surface area contributed by atoms with E-state index in [2.05, 4.69) is 10.6 Å². The van der Waals surface area contributed by atoms with E-state index < -0.39 is 69.5 Å². The second-order valence-corrected chi connectivity index (χ2v) is 14.6. The van der Waals surface area contributed by atoms with Gasteiger partial charge in [0, 0.05) is 43.0 Å². The van der Waals surface area contributed by atoms with Crippen LogP contribution in [0.25, 0.3) is 0 Å². The summed E-state index contributed by atoms with van der Waals surface area (Å²) in [4.78, 5) is 92.9. The van der Waals surface area contributed by atoms with E-state index in [4.69, 9.17) is 14.2 Å². The summed E-state index contributed by atoms with van der Waals surface area (Å²) in [5.74, 6) is -3.43. The first-order valence-electron chi connectivity index (χ1n) is 15.5. The highest BCUT2D eigenvalue weighted by Crippen LogP contribution is 2.45. The van der Waals surface area contributed by atoms with E-state index in [9.17, 15) is 33.6 Å². The first-order chi connectivity index (χ1) is 23.4. The molecule has 16 heteroatoms. The van der Waals surface area contributed by atoms with Crippen LogP contribution >= 0.6 is 23.5 Å². The first-order valence-corrected chi connectivity index (χ1v) is 17.6. The molecule has 4 saturated heterocycles. The highest BCUT2D eigenvalue weighted by atomic mass is 32.2. The van der Waals surface area contributed by atoms with Gasteiger partial charge in [-0.15, -0.1) is 23.5 Å². The van der Waals surface area contributed by atoms with Crippen LogP contribution in [0.4, 0.5) is 0 Å². The molecule has 4 fully saturated rings. The van der Waals surface area contributed by atoms with E-state index in [0.717, 1.165) is 0 Å². The van der Waals surface area contributed by atoms with Crippen LogP contribution in [0.5, 0.6) is 0 Å². The molecule has 2 aromatic carbocycles. The van der Waals surface area contributed by atoms with Gasteiger partial charge in [-0.05, 0) is 24.3 Å². The Morgan fingerprint density at radius 1 is 0.714 bits per heavy atom. The number of β-lactam (4-membered cyclic amide) rings is 2. The number of thioether (sulfide) groups is 2. The van der Waals surface area contributed by atoms with Crippen LogP contribution in [0.1, 0.15) is 34.6 Å². The van der Waals surface area contributed by atoms with Gasteiger partial charge in [-0.1, -0.05) is 36.4 Å². The largest absolute Gasteiger partial charge is 0.465 e. The Labute approximate surface area is 289 Å². The number of hydrogen-bond donors (Lipinski definition) is 2. The zero-order chi connectivity index (χ0) is 34.9. The van der Waals surface area contributed by atoms with Crippen molar-refractivity contribution in [3.63, 3.8) is 0 Å². The third-order valence-corrected chi connectivity index (χ3v) is 11.9. The molecule has 0 saturated carbocycles.